The highest BCUT2D eigenvalue weighted by atomic mass is 15.1. The average molecular weight is 420 g/mol. The first-order valence-electron chi connectivity index (χ1n) is 10.5. The van der Waals surface area contributed by atoms with Gasteiger partial charge in [0.2, 0.25) is 5.95 Å². The van der Waals surface area contributed by atoms with Crippen molar-refractivity contribution in [1.29, 1.82) is 0 Å². The van der Waals surface area contributed by atoms with Crippen LogP contribution in [0.3, 0.4) is 0 Å². The second-order valence-corrected chi connectivity index (χ2v) is 7.54. The van der Waals surface area contributed by atoms with Crippen molar-refractivity contribution >= 4 is 22.4 Å². The van der Waals surface area contributed by atoms with Crippen molar-refractivity contribution in [3.8, 4) is 11.4 Å². The number of fused-ring (bicyclic) bond motifs is 1. The van der Waals surface area contributed by atoms with Crippen LogP contribution < -0.4 is 5.32 Å². The Morgan fingerprint density at radius 2 is 1.88 bits per heavy atom. The van der Waals surface area contributed by atoms with Gasteiger partial charge in [0, 0.05) is 23.7 Å². The quantitative estimate of drug-likeness (QED) is 0.360. The third-order valence-corrected chi connectivity index (χ3v) is 4.92. The zero-order valence-corrected chi connectivity index (χ0v) is 18.3. The van der Waals surface area contributed by atoms with E-state index in [-0.39, 0.29) is 0 Å². The number of benzene rings is 2. The average Bonchev–Trinajstić information content (AvgIpc) is 2.82. The molecule has 0 aliphatic carbocycles. The second kappa shape index (κ2) is 9.79. The molecule has 4 aromatic rings. The van der Waals surface area contributed by atoms with Gasteiger partial charge in [-0.25, -0.2) is 9.97 Å². The Labute approximate surface area is 188 Å². The van der Waals surface area contributed by atoms with Crippen LogP contribution in [-0.2, 0) is 6.54 Å². The number of nitrogens with zero attached hydrogens (tertiary/aromatic N) is 4. The lowest BCUT2D eigenvalue weighted by atomic mass is 10.0. The Bertz CT molecular complexity index is 1300. The lowest BCUT2D eigenvalue weighted by molar-refractivity contribution is 1.01. The van der Waals surface area contributed by atoms with Crippen LogP contribution in [0.15, 0.2) is 97.5 Å². The van der Waals surface area contributed by atoms with E-state index in [2.05, 4.69) is 68.2 Å². The smallest absolute Gasteiger partial charge is 0.226 e. The maximum Gasteiger partial charge on any atom is 0.226 e. The van der Waals surface area contributed by atoms with Crippen LogP contribution >= 0.6 is 0 Å². The molecule has 0 fully saturated rings. The molecule has 5 nitrogen and oxygen atoms in total. The second-order valence-electron chi connectivity index (χ2n) is 7.54. The molecule has 32 heavy (non-hydrogen) atoms. The first kappa shape index (κ1) is 21.1. The predicted octanol–water partition coefficient (Wildman–Crippen LogP) is 6.23. The molecule has 0 radical (unpaired) electrons. The van der Waals surface area contributed by atoms with Gasteiger partial charge in [-0.3, -0.25) is 4.98 Å². The fourth-order valence-corrected chi connectivity index (χ4v) is 3.40. The molecular weight excluding hydrogens is 394 g/mol. The third-order valence-electron chi connectivity index (χ3n) is 4.92. The highest BCUT2D eigenvalue weighted by Crippen LogP contribution is 2.22. The summed E-state index contributed by atoms with van der Waals surface area (Å²) in [7, 11) is 0. The number of pyridine rings is 1. The zero-order chi connectivity index (χ0) is 22.3. The van der Waals surface area contributed by atoms with Gasteiger partial charge < -0.3 is 5.32 Å². The van der Waals surface area contributed by atoms with Crippen molar-refractivity contribution in [2.45, 2.75) is 20.4 Å². The van der Waals surface area contributed by atoms with Crippen LogP contribution in [0.5, 0.6) is 0 Å². The topological polar surface area (TPSA) is 63.6 Å². The van der Waals surface area contributed by atoms with Gasteiger partial charge in [-0.1, -0.05) is 60.7 Å². The van der Waals surface area contributed by atoms with Gasteiger partial charge in [0.05, 0.1) is 5.52 Å². The molecule has 0 spiro atoms. The molecule has 4 rings (SSSR count). The minimum Gasteiger partial charge on any atom is -0.350 e. The van der Waals surface area contributed by atoms with Crippen LogP contribution in [0, 0.1) is 0 Å². The molecule has 0 aliphatic heterocycles. The first-order valence-corrected chi connectivity index (χ1v) is 10.5. The van der Waals surface area contributed by atoms with Crippen LogP contribution in [0.25, 0.3) is 27.9 Å². The molecular formula is C27H25N5. The minimum absolute atomic E-state index is 0.544. The Morgan fingerprint density at radius 3 is 2.66 bits per heavy atom. The number of nitrogens with one attached hydrogen (secondary N) is 1. The van der Waals surface area contributed by atoms with E-state index in [9.17, 15) is 0 Å². The number of hydrogen-bond donors (Lipinski definition) is 1. The SMILES string of the molecule is C=C(C)/C=C(\C=C/C)c1ccc(CNc2ncnc(-c3ccc4ncccc4c3)n2)cc1. The highest BCUT2D eigenvalue weighted by molar-refractivity contribution is 5.83. The highest BCUT2D eigenvalue weighted by Gasteiger charge is 2.06. The van der Waals surface area contributed by atoms with E-state index in [0.717, 1.165) is 38.7 Å². The monoisotopic (exact) mass is 419 g/mol. The van der Waals surface area contributed by atoms with Crippen molar-refractivity contribution < 1.29 is 0 Å². The van der Waals surface area contributed by atoms with E-state index in [4.69, 9.17) is 0 Å². The van der Waals surface area contributed by atoms with Crippen LogP contribution in [0.2, 0.25) is 0 Å². The Balaban J connectivity index is 1.48. The van der Waals surface area contributed by atoms with Gasteiger partial charge in [-0.2, -0.15) is 4.98 Å². The molecule has 2 heterocycles. The van der Waals surface area contributed by atoms with Crippen molar-refractivity contribution in [1.82, 2.24) is 19.9 Å². The summed E-state index contributed by atoms with van der Waals surface area (Å²) < 4.78 is 0. The fourth-order valence-electron chi connectivity index (χ4n) is 3.40. The molecule has 2 aromatic carbocycles. The van der Waals surface area contributed by atoms with Gasteiger partial charge in [0.25, 0.3) is 0 Å². The molecule has 0 unspecified atom stereocenters. The Morgan fingerprint density at radius 1 is 1.03 bits per heavy atom. The standard InChI is InChI=1S/C27H25N5/c1-4-6-22(15-19(2)3)21-10-8-20(9-11-21)17-29-27-31-18-30-26(32-27)24-12-13-25-23(16-24)7-5-14-28-25/h4-16,18H,2,17H2,1,3H3,(H,29,30,31,32)/b6-4-,22-15+. The maximum absolute atomic E-state index is 4.59. The largest absolute Gasteiger partial charge is 0.350 e. The van der Waals surface area contributed by atoms with E-state index in [1.165, 1.54) is 6.33 Å². The summed E-state index contributed by atoms with van der Waals surface area (Å²) in [4.78, 5) is 17.6. The molecule has 1 N–H and O–H groups in total. The third kappa shape index (κ3) is 5.13. The summed E-state index contributed by atoms with van der Waals surface area (Å²) in [5, 5.41) is 4.35. The van der Waals surface area contributed by atoms with Crippen LogP contribution in [-0.4, -0.2) is 19.9 Å². The zero-order valence-electron chi connectivity index (χ0n) is 18.3. The van der Waals surface area contributed by atoms with Crippen LogP contribution in [0.1, 0.15) is 25.0 Å². The van der Waals surface area contributed by atoms with E-state index < -0.39 is 0 Å². The molecule has 5 heteroatoms. The van der Waals surface area contributed by atoms with Gasteiger partial charge in [-0.05, 0) is 54.8 Å². The maximum atomic E-state index is 4.59. The normalized spacial score (nSPS) is 11.8. The summed E-state index contributed by atoms with van der Waals surface area (Å²) in [6.45, 7) is 8.62. The first-order chi connectivity index (χ1) is 15.6. The Hall–Kier alpha value is -4.12. The van der Waals surface area contributed by atoms with Gasteiger partial charge >= 0.3 is 0 Å². The summed E-state index contributed by atoms with van der Waals surface area (Å²) in [5.41, 5.74) is 6.35. The fraction of sp³-hybridized carbons (Fsp3) is 0.111. The van der Waals surface area contributed by atoms with Crippen molar-refractivity contribution in [3.05, 3.63) is 109 Å². The number of aromatic nitrogens is 4. The van der Waals surface area contributed by atoms with E-state index in [0.29, 0.717) is 18.3 Å². The molecule has 2 aromatic heterocycles. The van der Waals surface area contributed by atoms with Gasteiger partial charge in [0.15, 0.2) is 5.82 Å². The molecule has 0 saturated carbocycles. The molecule has 158 valence electrons. The summed E-state index contributed by atoms with van der Waals surface area (Å²) in [6, 6.07) is 18.4. The number of anilines is 1. The van der Waals surface area contributed by atoms with Crippen molar-refractivity contribution in [2.75, 3.05) is 5.32 Å². The lowest BCUT2D eigenvalue weighted by Crippen LogP contribution is -2.05. The minimum atomic E-state index is 0.544. The summed E-state index contributed by atoms with van der Waals surface area (Å²) >= 11 is 0. The van der Waals surface area contributed by atoms with E-state index in [1.54, 1.807) is 6.20 Å². The molecule has 0 saturated heterocycles. The number of hydrogen-bond acceptors (Lipinski definition) is 5. The molecule has 0 aliphatic rings. The molecule has 0 bridgehead atoms. The van der Waals surface area contributed by atoms with E-state index in [1.807, 2.05) is 50.3 Å². The van der Waals surface area contributed by atoms with Gasteiger partial charge in [0.1, 0.15) is 6.33 Å². The predicted molar refractivity (Wildman–Crippen MR) is 132 cm³/mol. The van der Waals surface area contributed by atoms with Crippen molar-refractivity contribution in [2.24, 2.45) is 0 Å². The number of rotatable bonds is 7. The van der Waals surface area contributed by atoms with Crippen molar-refractivity contribution in [3.63, 3.8) is 0 Å². The molecule has 0 atom stereocenters. The van der Waals surface area contributed by atoms with E-state index >= 15 is 0 Å². The lowest BCUT2D eigenvalue weighted by Gasteiger charge is -2.08. The van der Waals surface area contributed by atoms with Gasteiger partial charge in [-0.15, -0.1) is 0 Å². The summed E-state index contributed by atoms with van der Waals surface area (Å²) in [6.07, 6.45) is 9.54. The number of allylic oxidation sites excluding steroid dienone is 5. The molecule has 0 amide bonds. The van der Waals surface area contributed by atoms with Crippen LogP contribution in [0.4, 0.5) is 5.95 Å². The Kier molecular flexibility index (Phi) is 6.46. The summed E-state index contributed by atoms with van der Waals surface area (Å²) in [5.74, 6) is 1.17.